The monoisotopic (exact) mass is 312 g/mol. The van der Waals surface area contributed by atoms with Gasteiger partial charge in [0.2, 0.25) is 0 Å². The second-order valence-corrected chi connectivity index (χ2v) is 6.67. The average Bonchev–Trinajstić information content (AvgIpc) is 3.08. The van der Waals surface area contributed by atoms with Crippen molar-refractivity contribution < 1.29 is 4.74 Å². The molecule has 2 heterocycles. The van der Waals surface area contributed by atoms with Crippen molar-refractivity contribution >= 4 is 22.7 Å². The van der Waals surface area contributed by atoms with Crippen molar-refractivity contribution in [2.45, 2.75) is 37.7 Å². The second-order valence-electron chi connectivity index (χ2n) is 6.67. The summed E-state index contributed by atoms with van der Waals surface area (Å²) in [6.07, 6.45) is 5.96. The first kappa shape index (κ1) is 14.7. The highest BCUT2D eigenvalue weighted by Gasteiger charge is 2.37. The van der Waals surface area contributed by atoms with Crippen LogP contribution in [0.1, 0.15) is 32.1 Å². The van der Waals surface area contributed by atoms with Gasteiger partial charge in [0, 0.05) is 26.7 Å². The molecule has 2 aromatic rings. The third-order valence-electron chi connectivity index (χ3n) is 5.23. The first-order valence-electron chi connectivity index (χ1n) is 8.60. The van der Waals surface area contributed by atoms with Crippen LogP contribution in [0.25, 0.3) is 11.0 Å². The van der Waals surface area contributed by atoms with Crippen LogP contribution in [-0.4, -0.2) is 42.3 Å². The van der Waals surface area contributed by atoms with Gasteiger partial charge in [-0.05, 0) is 44.2 Å². The third kappa shape index (κ3) is 2.74. The first-order valence-corrected chi connectivity index (χ1v) is 8.60. The summed E-state index contributed by atoms with van der Waals surface area (Å²) in [5.74, 6) is 1.89. The van der Waals surface area contributed by atoms with E-state index >= 15 is 0 Å². The van der Waals surface area contributed by atoms with Crippen LogP contribution >= 0.6 is 0 Å². The normalized spacial score (nSPS) is 19.8. The first-order chi connectivity index (χ1) is 11.3. The van der Waals surface area contributed by atoms with Crippen LogP contribution in [0.4, 0.5) is 11.6 Å². The van der Waals surface area contributed by atoms with Gasteiger partial charge in [0.05, 0.1) is 16.6 Å². The Bertz CT molecular complexity index is 687. The van der Waals surface area contributed by atoms with E-state index < -0.39 is 0 Å². The summed E-state index contributed by atoms with van der Waals surface area (Å²) in [5, 5.41) is 3.54. The lowest BCUT2D eigenvalue weighted by atomic mass is 9.80. The highest BCUT2D eigenvalue weighted by Crippen LogP contribution is 2.36. The van der Waals surface area contributed by atoms with Crippen molar-refractivity contribution in [2.24, 2.45) is 0 Å². The van der Waals surface area contributed by atoms with Crippen molar-refractivity contribution in [3.05, 3.63) is 24.3 Å². The minimum absolute atomic E-state index is 0.0182. The van der Waals surface area contributed by atoms with Gasteiger partial charge in [-0.2, -0.15) is 0 Å². The molecule has 0 atom stereocenters. The zero-order chi connectivity index (χ0) is 15.7. The number of rotatable bonds is 5. The van der Waals surface area contributed by atoms with Gasteiger partial charge in [-0.3, -0.25) is 0 Å². The molecule has 1 aromatic carbocycles. The van der Waals surface area contributed by atoms with E-state index in [1.807, 2.05) is 31.4 Å². The number of hydrogen-bond donors (Lipinski definition) is 1. The molecule has 0 radical (unpaired) electrons. The topological polar surface area (TPSA) is 50.3 Å². The van der Waals surface area contributed by atoms with Gasteiger partial charge in [-0.15, -0.1) is 0 Å². The Kier molecular flexibility index (Phi) is 3.81. The third-order valence-corrected chi connectivity index (χ3v) is 5.23. The Morgan fingerprint density at radius 3 is 2.39 bits per heavy atom. The number of para-hydroxylation sites is 2. The number of benzene rings is 1. The zero-order valence-electron chi connectivity index (χ0n) is 13.7. The molecule has 5 heteroatoms. The largest absolute Gasteiger partial charge is 0.376 e. The molecule has 4 rings (SSSR count). The van der Waals surface area contributed by atoms with E-state index in [0.29, 0.717) is 0 Å². The van der Waals surface area contributed by atoms with Gasteiger partial charge in [0.25, 0.3) is 0 Å². The fourth-order valence-electron chi connectivity index (χ4n) is 3.53. The van der Waals surface area contributed by atoms with Crippen LogP contribution in [0, 0.1) is 0 Å². The minimum Gasteiger partial charge on any atom is -0.376 e. The van der Waals surface area contributed by atoms with Crippen molar-refractivity contribution in [3.8, 4) is 0 Å². The molecule has 0 bridgehead atoms. The molecular weight excluding hydrogens is 288 g/mol. The maximum absolute atomic E-state index is 5.72. The van der Waals surface area contributed by atoms with E-state index in [1.165, 1.54) is 19.3 Å². The van der Waals surface area contributed by atoms with Gasteiger partial charge in [-0.1, -0.05) is 12.1 Å². The predicted octanol–water partition coefficient (Wildman–Crippen LogP) is 3.21. The minimum atomic E-state index is -0.0182. The molecular formula is C18H24N4O. The summed E-state index contributed by atoms with van der Waals surface area (Å²) in [5.41, 5.74) is 1.89. The second kappa shape index (κ2) is 5.96. The summed E-state index contributed by atoms with van der Waals surface area (Å²) >= 11 is 0. The molecule has 122 valence electrons. The Balaban J connectivity index is 1.66. The molecule has 23 heavy (non-hydrogen) atoms. The van der Waals surface area contributed by atoms with Crippen LogP contribution in [0.2, 0.25) is 0 Å². The van der Waals surface area contributed by atoms with E-state index in [9.17, 15) is 0 Å². The van der Waals surface area contributed by atoms with Crippen LogP contribution in [-0.2, 0) is 4.74 Å². The number of aromatic nitrogens is 2. The standard InChI is InChI=1S/C18H24N4O/c1-23-18(9-6-10-18)13-19-16-17(22-11-4-5-12-22)21-15-8-3-2-7-14(15)20-16/h2-3,7-8H,4-6,9-13H2,1H3,(H,19,20). The molecule has 2 fully saturated rings. The number of anilines is 2. The number of methoxy groups -OCH3 is 1. The molecule has 0 spiro atoms. The lowest BCUT2D eigenvalue weighted by Crippen LogP contribution is -2.45. The van der Waals surface area contributed by atoms with E-state index in [0.717, 1.165) is 55.1 Å². The lowest BCUT2D eigenvalue weighted by molar-refractivity contribution is -0.0601. The number of fused-ring (bicyclic) bond motifs is 1. The van der Waals surface area contributed by atoms with Crippen LogP contribution in [0.15, 0.2) is 24.3 Å². The van der Waals surface area contributed by atoms with Crippen LogP contribution in [0.5, 0.6) is 0 Å². The van der Waals surface area contributed by atoms with Crippen LogP contribution in [0.3, 0.4) is 0 Å². The van der Waals surface area contributed by atoms with Crippen molar-refractivity contribution in [3.63, 3.8) is 0 Å². The van der Waals surface area contributed by atoms with Crippen molar-refractivity contribution in [2.75, 3.05) is 37.0 Å². The maximum atomic E-state index is 5.72. The summed E-state index contributed by atoms with van der Waals surface area (Å²) in [6.45, 7) is 2.94. The molecule has 1 saturated carbocycles. The molecule has 1 saturated heterocycles. The van der Waals surface area contributed by atoms with Crippen molar-refractivity contribution in [1.82, 2.24) is 9.97 Å². The fraction of sp³-hybridized carbons (Fsp3) is 0.556. The molecule has 1 aromatic heterocycles. The zero-order valence-corrected chi connectivity index (χ0v) is 13.7. The lowest BCUT2D eigenvalue weighted by Gasteiger charge is -2.40. The fourth-order valence-corrected chi connectivity index (χ4v) is 3.53. The van der Waals surface area contributed by atoms with Gasteiger partial charge in [0.1, 0.15) is 0 Å². The molecule has 0 amide bonds. The Hall–Kier alpha value is -1.88. The molecule has 1 aliphatic carbocycles. The maximum Gasteiger partial charge on any atom is 0.172 e. The number of nitrogens with one attached hydrogen (secondary N) is 1. The number of ether oxygens (including phenoxy) is 1. The number of hydrogen-bond acceptors (Lipinski definition) is 5. The quantitative estimate of drug-likeness (QED) is 0.918. The van der Waals surface area contributed by atoms with E-state index in [1.54, 1.807) is 0 Å². The van der Waals surface area contributed by atoms with Crippen LogP contribution < -0.4 is 10.2 Å². The van der Waals surface area contributed by atoms with E-state index in [-0.39, 0.29) is 5.60 Å². The Labute approximate surface area is 137 Å². The molecule has 5 nitrogen and oxygen atoms in total. The van der Waals surface area contributed by atoms with Gasteiger partial charge in [-0.25, -0.2) is 9.97 Å². The highest BCUT2D eigenvalue weighted by molar-refractivity contribution is 5.80. The van der Waals surface area contributed by atoms with Gasteiger partial charge < -0.3 is 15.0 Å². The molecule has 1 N–H and O–H groups in total. The van der Waals surface area contributed by atoms with Gasteiger partial charge >= 0.3 is 0 Å². The average molecular weight is 312 g/mol. The van der Waals surface area contributed by atoms with Crippen molar-refractivity contribution in [1.29, 1.82) is 0 Å². The number of nitrogens with zero attached hydrogens (tertiary/aromatic N) is 3. The predicted molar refractivity (Wildman–Crippen MR) is 93.1 cm³/mol. The molecule has 1 aliphatic heterocycles. The Morgan fingerprint density at radius 1 is 1.09 bits per heavy atom. The highest BCUT2D eigenvalue weighted by atomic mass is 16.5. The SMILES string of the molecule is COC1(CNc2nc3ccccc3nc2N2CCCC2)CCC1. The summed E-state index contributed by atoms with van der Waals surface area (Å²) < 4.78 is 5.72. The van der Waals surface area contributed by atoms with Gasteiger partial charge in [0.15, 0.2) is 11.6 Å². The van der Waals surface area contributed by atoms with E-state index in [4.69, 9.17) is 14.7 Å². The molecule has 2 aliphatic rings. The summed E-state index contributed by atoms with van der Waals surface area (Å²) in [4.78, 5) is 12.1. The Morgan fingerprint density at radius 2 is 1.78 bits per heavy atom. The molecule has 0 unspecified atom stereocenters. The summed E-state index contributed by atoms with van der Waals surface area (Å²) in [7, 11) is 1.81. The smallest absolute Gasteiger partial charge is 0.172 e. The van der Waals surface area contributed by atoms with E-state index in [2.05, 4.69) is 10.2 Å². The summed E-state index contributed by atoms with van der Waals surface area (Å²) in [6, 6.07) is 8.09.